The molecular weight excluding hydrogens is 210 g/mol. The Morgan fingerprint density at radius 2 is 2.06 bits per heavy atom. The second-order valence-corrected chi connectivity index (χ2v) is 7.24. The average molecular weight is 237 g/mol. The predicted octanol–water partition coefficient (Wildman–Crippen LogP) is 2.97. The van der Waals surface area contributed by atoms with Gasteiger partial charge in [-0.25, -0.2) is 0 Å². The van der Waals surface area contributed by atoms with Crippen LogP contribution in [0.1, 0.15) is 47.0 Å². The van der Waals surface area contributed by atoms with Gasteiger partial charge in [0.15, 0.2) is 0 Å². The number of carbonyl (C=O) groups excluding carboxylic acids is 1. The van der Waals surface area contributed by atoms with Crippen molar-refractivity contribution in [3.8, 4) is 0 Å². The van der Waals surface area contributed by atoms with Crippen LogP contribution in [0.3, 0.4) is 0 Å². The molecule has 0 spiro atoms. The largest absolute Gasteiger partial charge is 0.302 e. The van der Waals surface area contributed by atoms with Crippen molar-refractivity contribution in [2.75, 3.05) is 19.6 Å². The van der Waals surface area contributed by atoms with Crippen LogP contribution in [-0.2, 0) is 4.79 Å². The summed E-state index contributed by atoms with van der Waals surface area (Å²) in [6, 6.07) is 0. The molecule has 1 aliphatic heterocycles. The van der Waals surface area contributed by atoms with Crippen LogP contribution in [0, 0.1) is 23.2 Å². The number of hydrogen-bond acceptors (Lipinski definition) is 2. The number of Topliss-reactive ketones (excluding diaryl/α,β-unsaturated/α-hetero) is 1. The molecule has 0 bridgehead atoms. The van der Waals surface area contributed by atoms with E-state index in [0.717, 1.165) is 13.0 Å². The molecule has 1 saturated carbocycles. The minimum absolute atomic E-state index is 0.306. The first-order valence-electron chi connectivity index (χ1n) is 7.12. The Morgan fingerprint density at radius 1 is 1.35 bits per heavy atom. The zero-order chi connectivity index (χ0) is 12.6. The number of rotatable bonds is 2. The molecule has 98 valence electrons. The molecule has 1 aliphatic carbocycles. The molecule has 2 nitrogen and oxygen atoms in total. The standard InChI is InChI=1S/C15H27NO/c1-11-7-12(2)13(14(17)8-11)9-16-6-5-15(3,4)10-16/h11-13H,5-10H2,1-4H3. The average Bonchev–Trinajstić information content (AvgIpc) is 2.52. The van der Waals surface area contributed by atoms with Gasteiger partial charge in [-0.1, -0.05) is 27.7 Å². The topological polar surface area (TPSA) is 20.3 Å². The lowest BCUT2D eigenvalue weighted by atomic mass is 9.74. The van der Waals surface area contributed by atoms with Crippen molar-refractivity contribution in [3.05, 3.63) is 0 Å². The summed E-state index contributed by atoms with van der Waals surface area (Å²) in [6.07, 6.45) is 3.32. The van der Waals surface area contributed by atoms with E-state index in [-0.39, 0.29) is 0 Å². The van der Waals surface area contributed by atoms with Crippen LogP contribution in [0.5, 0.6) is 0 Å². The molecule has 1 heterocycles. The molecule has 2 aliphatic rings. The monoisotopic (exact) mass is 237 g/mol. The minimum Gasteiger partial charge on any atom is -0.302 e. The van der Waals surface area contributed by atoms with E-state index in [1.807, 2.05) is 0 Å². The summed E-state index contributed by atoms with van der Waals surface area (Å²) in [7, 11) is 0. The Morgan fingerprint density at radius 3 is 2.59 bits per heavy atom. The Bertz CT molecular complexity index is 297. The molecule has 0 radical (unpaired) electrons. The molecule has 2 fully saturated rings. The van der Waals surface area contributed by atoms with Gasteiger partial charge in [0.25, 0.3) is 0 Å². The third-order valence-electron chi connectivity index (χ3n) is 4.64. The van der Waals surface area contributed by atoms with Crippen molar-refractivity contribution in [1.82, 2.24) is 4.90 Å². The third kappa shape index (κ3) is 3.09. The van der Waals surface area contributed by atoms with Crippen LogP contribution in [0.2, 0.25) is 0 Å². The van der Waals surface area contributed by atoms with E-state index in [1.165, 1.54) is 25.9 Å². The summed E-state index contributed by atoms with van der Waals surface area (Å²) < 4.78 is 0. The smallest absolute Gasteiger partial charge is 0.137 e. The van der Waals surface area contributed by atoms with Crippen molar-refractivity contribution < 1.29 is 4.79 Å². The molecule has 2 heteroatoms. The molecule has 0 aromatic carbocycles. The van der Waals surface area contributed by atoms with Crippen molar-refractivity contribution in [1.29, 1.82) is 0 Å². The maximum atomic E-state index is 12.1. The summed E-state index contributed by atoms with van der Waals surface area (Å²) in [5.74, 6) is 2.00. The summed E-state index contributed by atoms with van der Waals surface area (Å²) >= 11 is 0. The second kappa shape index (κ2) is 4.72. The van der Waals surface area contributed by atoms with Crippen molar-refractivity contribution in [2.45, 2.75) is 47.0 Å². The first-order valence-corrected chi connectivity index (χ1v) is 7.12. The fourth-order valence-corrected chi connectivity index (χ4v) is 3.63. The van der Waals surface area contributed by atoms with Gasteiger partial charge in [-0.15, -0.1) is 0 Å². The van der Waals surface area contributed by atoms with Gasteiger partial charge < -0.3 is 4.90 Å². The number of hydrogen-bond donors (Lipinski definition) is 0. The van der Waals surface area contributed by atoms with Crippen LogP contribution < -0.4 is 0 Å². The van der Waals surface area contributed by atoms with Crippen molar-refractivity contribution in [2.24, 2.45) is 23.2 Å². The molecule has 0 N–H and O–H groups in total. The molecule has 3 unspecified atom stereocenters. The van der Waals surface area contributed by atoms with E-state index < -0.39 is 0 Å². The number of carbonyl (C=O) groups is 1. The van der Waals surface area contributed by atoms with Crippen molar-refractivity contribution >= 4 is 5.78 Å². The minimum atomic E-state index is 0.306. The van der Waals surface area contributed by atoms with Crippen LogP contribution >= 0.6 is 0 Å². The van der Waals surface area contributed by atoms with Gasteiger partial charge >= 0.3 is 0 Å². The van der Waals surface area contributed by atoms with Crippen LogP contribution in [0.15, 0.2) is 0 Å². The summed E-state index contributed by atoms with van der Waals surface area (Å²) in [5.41, 5.74) is 0.453. The molecule has 3 atom stereocenters. The quantitative estimate of drug-likeness (QED) is 0.736. The van der Waals surface area contributed by atoms with E-state index in [9.17, 15) is 4.79 Å². The van der Waals surface area contributed by atoms with Gasteiger partial charge in [0.05, 0.1) is 0 Å². The highest BCUT2D eigenvalue weighted by molar-refractivity contribution is 5.82. The van der Waals surface area contributed by atoms with Crippen LogP contribution in [-0.4, -0.2) is 30.3 Å². The van der Waals surface area contributed by atoms with Gasteiger partial charge in [0.1, 0.15) is 5.78 Å². The van der Waals surface area contributed by atoms with Gasteiger partial charge in [-0.3, -0.25) is 4.79 Å². The fraction of sp³-hybridized carbons (Fsp3) is 0.933. The molecular formula is C15H27NO. The Labute approximate surface area is 106 Å². The highest BCUT2D eigenvalue weighted by Crippen LogP contribution is 2.34. The normalized spacial score (nSPS) is 38.6. The number of likely N-dealkylation sites (tertiary alicyclic amines) is 1. The first kappa shape index (κ1) is 13.1. The Kier molecular flexibility index (Phi) is 3.63. The Hall–Kier alpha value is -0.370. The Balaban J connectivity index is 1.92. The van der Waals surface area contributed by atoms with E-state index in [1.54, 1.807) is 0 Å². The lowest BCUT2D eigenvalue weighted by molar-refractivity contribution is -0.128. The summed E-state index contributed by atoms with van der Waals surface area (Å²) in [5, 5.41) is 0. The van der Waals surface area contributed by atoms with Gasteiger partial charge in [-0.05, 0) is 36.6 Å². The lowest BCUT2D eigenvalue weighted by Crippen LogP contribution is -2.39. The van der Waals surface area contributed by atoms with Gasteiger partial charge in [0.2, 0.25) is 0 Å². The zero-order valence-electron chi connectivity index (χ0n) is 11.8. The van der Waals surface area contributed by atoms with Gasteiger partial charge in [0, 0.05) is 25.4 Å². The number of ketones is 1. The molecule has 1 saturated heterocycles. The molecule has 0 amide bonds. The third-order valence-corrected chi connectivity index (χ3v) is 4.64. The maximum Gasteiger partial charge on any atom is 0.137 e. The fourth-order valence-electron chi connectivity index (χ4n) is 3.63. The van der Waals surface area contributed by atoms with E-state index in [4.69, 9.17) is 0 Å². The van der Waals surface area contributed by atoms with Crippen LogP contribution in [0.4, 0.5) is 0 Å². The lowest BCUT2D eigenvalue weighted by Gasteiger charge is -2.34. The number of nitrogens with zero attached hydrogens (tertiary/aromatic N) is 1. The molecule has 2 rings (SSSR count). The van der Waals surface area contributed by atoms with Gasteiger partial charge in [-0.2, -0.15) is 0 Å². The second-order valence-electron chi connectivity index (χ2n) is 7.24. The zero-order valence-corrected chi connectivity index (χ0v) is 11.8. The maximum absolute atomic E-state index is 12.1. The predicted molar refractivity (Wildman–Crippen MR) is 70.9 cm³/mol. The van der Waals surface area contributed by atoms with E-state index >= 15 is 0 Å². The van der Waals surface area contributed by atoms with Crippen LogP contribution in [0.25, 0.3) is 0 Å². The highest BCUT2D eigenvalue weighted by Gasteiger charge is 2.36. The van der Waals surface area contributed by atoms with E-state index in [0.29, 0.717) is 29.0 Å². The van der Waals surface area contributed by atoms with Crippen molar-refractivity contribution in [3.63, 3.8) is 0 Å². The highest BCUT2D eigenvalue weighted by atomic mass is 16.1. The summed E-state index contributed by atoms with van der Waals surface area (Å²) in [6.45, 7) is 12.5. The summed E-state index contributed by atoms with van der Waals surface area (Å²) in [4.78, 5) is 14.6. The first-order chi connectivity index (χ1) is 7.87. The van der Waals surface area contributed by atoms with E-state index in [2.05, 4.69) is 32.6 Å². The molecule has 0 aromatic rings. The molecule has 0 aromatic heterocycles. The SMILES string of the molecule is CC1CC(=O)C(CN2CCC(C)(C)C2)C(C)C1. The molecule has 17 heavy (non-hydrogen) atoms.